The molecule has 0 amide bonds. The second kappa shape index (κ2) is 4.71. The van der Waals surface area contributed by atoms with Gasteiger partial charge in [0.05, 0.1) is 12.8 Å². The van der Waals surface area contributed by atoms with Crippen LogP contribution in [-0.2, 0) is 0 Å². The lowest BCUT2D eigenvalue weighted by molar-refractivity contribution is 0.401. The van der Waals surface area contributed by atoms with E-state index in [4.69, 9.17) is 10.5 Å². The molecule has 2 aromatic heterocycles. The van der Waals surface area contributed by atoms with E-state index in [2.05, 4.69) is 30.9 Å². The summed E-state index contributed by atoms with van der Waals surface area (Å²) in [6.45, 7) is 0. The lowest BCUT2D eigenvalue weighted by atomic mass is 10.3. The van der Waals surface area contributed by atoms with Gasteiger partial charge in [-0.15, -0.1) is 0 Å². The monoisotopic (exact) mass is 337 g/mol. The number of hydrogen-bond acceptors (Lipinski definition) is 5. The molecule has 0 saturated carbocycles. The first-order chi connectivity index (χ1) is 9.61. The van der Waals surface area contributed by atoms with Crippen molar-refractivity contribution in [3.05, 3.63) is 34.8 Å². The van der Waals surface area contributed by atoms with Crippen LogP contribution >= 0.6 is 15.9 Å². The van der Waals surface area contributed by atoms with Crippen LogP contribution in [0.1, 0.15) is 0 Å². The number of benzene rings is 1. The Balaban J connectivity index is 2.37. The Morgan fingerprint density at radius 3 is 2.90 bits per heavy atom. The molecule has 0 unspecified atom stereocenters. The van der Waals surface area contributed by atoms with Crippen LogP contribution in [0.15, 0.2) is 29.0 Å². The Hall–Kier alpha value is -2.22. The van der Waals surface area contributed by atoms with Crippen LogP contribution in [0.3, 0.4) is 0 Å². The fourth-order valence-corrected chi connectivity index (χ4v) is 2.28. The van der Waals surface area contributed by atoms with E-state index < -0.39 is 5.82 Å². The van der Waals surface area contributed by atoms with Crippen molar-refractivity contribution in [2.45, 2.75) is 0 Å². The van der Waals surface area contributed by atoms with Crippen LogP contribution in [0.25, 0.3) is 16.9 Å². The lowest BCUT2D eigenvalue weighted by Crippen LogP contribution is -2.04. The number of nitrogen functional groups attached to an aromatic ring is 1. The number of imidazole rings is 1. The second-order valence-electron chi connectivity index (χ2n) is 3.96. The molecule has 6 nitrogen and oxygen atoms in total. The number of hydrogen-bond donors (Lipinski definition) is 1. The SMILES string of the molecule is COc1ncnc2c1nc(N)n2-c1cc(Br)ccc1F. The van der Waals surface area contributed by atoms with E-state index >= 15 is 0 Å². The maximum Gasteiger partial charge on any atom is 0.245 e. The van der Waals surface area contributed by atoms with Crippen LogP contribution in [0, 0.1) is 5.82 Å². The lowest BCUT2D eigenvalue weighted by Gasteiger charge is -2.07. The minimum absolute atomic E-state index is 0.107. The molecule has 8 heteroatoms. The molecular formula is C12H9BrFN5O. The third-order valence-electron chi connectivity index (χ3n) is 2.78. The minimum atomic E-state index is -0.434. The van der Waals surface area contributed by atoms with Crippen molar-refractivity contribution in [2.24, 2.45) is 0 Å². The Morgan fingerprint density at radius 1 is 1.35 bits per heavy atom. The predicted octanol–water partition coefficient (Wildman–Crippen LogP) is 2.31. The van der Waals surface area contributed by atoms with Gasteiger partial charge in [-0.2, -0.15) is 4.98 Å². The highest BCUT2D eigenvalue weighted by atomic mass is 79.9. The van der Waals surface area contributed by atoms with Gasteiger partial charge in [0.15, 0.2) is 11.2 Å². The van der Waals surface area contributed by atoms with Gasteiger partial charge in [-0.25, -0.2) is 14.4 Å². The van der Waals surface area contributed by atoms with Crippen LogP contribution in [0.5, 0.6) is 5.88 Å². The van der Waals surface area contributed by atoms with Gasteiger partial charge in [-0.1, -0.05) is 15.9 Å². The quantitative estimate of drug-likeness (QED) is 0.776. The summed E-state index contributed by atoms with van der Waals surface area (Å²) in [5.41, 5.74) is 6.89. The number of rotatable bonds is 2. The summed E-state index contributed by atoms with van der Waals surface area (Å²) in [7, 11) is 1.47. The molecule has 0 aliphatic rings. The number of nitrogens with zero attached hydrogens (tertiary/aromatic N) is 4. The first-order valence-corrected chi connectivity index (χ1v) is 6.39. The fraction of sp³-hybridized carbons (Fsp3) is 0.0833. The summed E-state index contributed by atoms with van der Waals surface area (Å²) < 4.78 is 21.3. The van der Waals surface area contributed by atoms with Crippen LogP contribution in [0.4, 0.5) is 10.3 Å². The van der Waals surface area contributed by atoms with E-state index in [1.165, 1.54) is 24.1 Å². The normalized spacial score (nSPS) is 10.9. The van der Waals surface area contributed by atoms with Gasteiger partial charge in [0.1, 0.15) is 12.1 Å². The van der Waals surface area contributed by atoms with Crippen LogP contribution in [0.2, 0.25) is 0 Å². The topological polar surface area (TPSA) is 78.8 Å². The van der Waals surface area contributed by atoms with Gasteiger partial charge in [0.25, 0.3) is 0 Å². The standard InChI is InChI=1S/C12H9BrFN5O/c1-20-11-9-10(16-5-17-11)19(12(15)18-9)8-4-6(13)2-3-7(8)14/h2-5H,1H3,(H2,15,18). The summed E-state index contributed by atoms with van der Waals surface area (Å²) in [6.07, 6.45) is 1.31. The Labute approximate surface area is 121 Å². The molecule has 0 bridgehead atoms. The van der Waals surface area contributed by atoms with Gasteiger partial charge >= 0.3 is 0 Å². The number of aromatic nitrogens is 4. The zero-order valence-electron chi connectivity index (χ0n) is 10.3. The van der Waals surface area contributed by atoms with Crippen molar-refractivity contribution >= 4 is 33.0 Å². The number of ether oxygens (including phenoxy) is 1. The average Bonchev–Trinajstić information content (AvgIpc) is 2.77. The third kappa shape index (κ3) is 1.88. The fourth-order valence-electron chi connectivity index (χ4n) is 1.93. The van der Waals surface area contributed by atoms with Gasteiger partial charge < -0.3 is 10.5 Å². The minimum Gasteiger partial charge on any atom is -0.479 e. The summed E-state index contributed by atoms with van der Waals surface area (Å²) in [6, 6.07) is 4.54. The maximum atomic E-state index is 14.0. The Bertz CT molecular complexity index is 804. The number of anilines is 1. The van der Waals surface area contributed by atoms with Gasteiger partial charge in [-0.05, 0) is 18.2 Å². The number of halogens is 2. The van der Waals surface area contributed by atoms with Gasteiger partial charge in [0.2, 0.25) is 11.8 Å². The average molecular weight is 338 g/mol. The maximum absolute atomic E-state index is 14.0. The molecule has 0 aliphatic heterocycles. The molecule has 0 aliphatic carbocycles. The zero-order chi connectivity index (χ0) is 14.3. The van der Waals surface area contributed by atoms with E-state index in [9.17, 15) is 4.39 Å². The van der Waals surface area contributed by atoms with E-state index in [0.29, 0.717) is 11.2 Å². The van der Waals surface area contributed by atoms with Crippen LogP contribution in [-0.4, -0.2) is 26.6 Å². The zero-order valence-corrected chi connectivity index (χ0v) is 11.9. The largest absolute Gasteiger partial charge is 0.479 e. The number of methoxy groups -OCH3 is 1. The third-order valence-corrected chi connectivity index (χ3v) is 3.27. The highest BCUT2D eigenvalue weighted by Gasteiger charge is 2.18. The molecule has 3 rings (SSSR count). The smallest absolute Gasteiger partial charge is 0.245 e. The first-order valence-electron chi connectivity index (χ1n) is 5.60. The molecule has 0 saturated heterocycles. The van der Waals surface area contributed by atoms with E-state index in [-0.39, 0.29) is 17.5 Å². The van der Waals surface area contributed by atoms with Crippen molar-refractivity contribution in [2.75, 3.05) is 12.8 Å². The molecule has 2 heterocycles. The summed E-state index contributed by atoms with van der Waals surface area (Å²) in [4.78, 5) is 12.2. The molecule has 0 spiro atoms. The van der Waals surface area contributed by atoms with Crippen molar-refractivity contribution in [1.82, 2.24) is 19.5 Å². The molecule has 20 heavy (non-hydrogen) atoms. The summed E-state index contributed by atoms with van der Waals surface area (Å²) in [5, 5.41) is 0. The molecule has 0 fully saturated rings. The van der Waals surface area contributed by atoms with E-state index in [1.807, 2.05) is 0 Å². The molecule has 3 aromatic rings. The van der Waals surface area contributed by atoms with Crippen molar-refractivity contribution in [1.29, 1.82) is 0 Å². The van der Waals surface area contributed by atoms with E-state index in [0.717, 1.165) is 4.47 Å². The molecule has 102 valence electrons. The second-order valence-corrected chi connectivity index (χ2v) is 4.87. The summed E-state index contributed by atoms with van der Waals surface area (Å²) >= 11 is 3.30. The van der Waals surface area contributed by atoms with Crippen LogP contribution < -0.4 is 10.5 Å². The van der Waals surface area contributed by atoms with Crippen molar-refractivity contribution in [3.8, 4) is 11.6 Å². The molecule has 1 aromatic carbocycles. The molecular weight excluding hydrogens is 329 g/mol. The summed E-state index contributed by atoms with van der Waals surface area (Å²) in [5.74, 6) is -0.0385. The molecule has 2 N–H and O–H groups in total. The van der Waals surface area contributed by atoms with Crippen molar-refractivity contribution in [3.63, 3.8) is 0 Å². The highest BCUT2D eigenvalue weighted by Crippen LogP contribution is 2.28. The molecule has 0 radical (unpaired) electrons. The highest BCUT2D eigenvalue weighted by molar-refractivity contribution is 9.10. The number of fused-ring (bicyclic) bond motifs is 1. The number of nitrogens with two attached hydrogens (primary N) is 1. The van der Waals surface area contributed by atoms with Crippen molar-refractivity contribution < 1.29 is 9.13 Å². The van der Waals surface area contributed by atoms with Gasteiger partial charge in [0, 0.05) is 4.47 Å². The van der Waals surface area contributed by atoms with E-state index in [1.54, 1.807) is 12.1 Å². The van der Waals surface area contributed by atoms with Gasteiger partial charge in [-0.3, -0.25) is 4.57 Å². The Kier molecular flexibility index (Phi) is 3.01. The molecule has 0 atom stereocenters. The predicted molar refractivity (Wildman–Crippen MR) is 75.3 cm³/mol. The Morgan fingerprint density at radius 2 is 2.15 bits per heavy atom. The first kappa shape index (κ1) is 12.8.